The third kappa shape index (κ3) is 4.41. The van der Waals surface area contributed by atoms with E-state index in [1.807, 2.05) is 61.5 Å². The number of aryl methyl sites for hydroxylation is 2. The van der Waals surface area contributed by atoms with E-state index in [-0.39, 0.29) is 24.1 Å². The Balaban J connectivity index is 1.67. The largest absolute Gasteiger partial charge is 0.441 e. The van der Waals surface area contributed by atoms with Gasteiger partial charge >= 0.3 is 0 Å². The molecule has 0 atom stereocenters. The van der Waals surface area contributed by atoms with Crippen molar-refractivity contribution in [3.63, 3.8) is 0 Å². The fourth-order valence-corrected chi connectivity index (χ4v) is 2.60. The van der Waals surface area contributed by atoms with E-state index in [4.69, 9.17) is 4.42 Å². The van der Waals surface area contributed by atoms with E-state index in [0.29, 0.717) is 17.3 Å². The molecule has 0 unspecified atom stereocenters. The lowest BCUT2D eigenvalue weighted by molar-refractivity contribution is -0.116. The monoisotopic (exact) mass is 363 g/mol. The van der Waals surface area contributed by atoms with Crippen LogP contribution >= 0.6 is 0 Å². The number of carbonyl (C=O) groups excluding carboxylic acids is 2. The number of rotatable bonds is 5. The first kappa shape index (κ1) is 18.4. The van der Waals surface area contributed by atoms with Crippen molar-refractivity contribution in [1.29, 1.82) is 0 Å². The van der Waals surface area contributed by atoms with E-state index in [0.717, 1.165) is 11.1 Å². The third-order valence-electron chi connectivity index (χ3n) is 4.08. The van der Waals surface area contributed by atoms with Gasteiger partial charge in [0.1, 0.15) is 5.76 Å². The molecule has 1 aromatic heterocycles. The predicted octanol–water partition coefficient (Wildman–Crippen LogP) is 3.67. The molecular formula is C21H21N3O3. The number of anilines is 1. The highest BCUT2D eigenvalue weighted by Crippen LogP contribution is 2.22. The maximum atomic E-state index is 12.7. The zero-order chi connectivity index (χ0) is 19.4. The maximum absolute atomic E-state index is 12.7. The topological polar surface area (TPSA) is 75.4 Å². The van der Waals surface area contributed by atoms with Gasteiger partial charge in [-0.05, 0) is 38.1 Å². The number of oxazole rings is 1. The molecule has 27 heavy (non-hydrogen) atoms. The molecule has 2 amide bonds. The summed E-state index contributed by atoms with van der Waals surface area (Å²) < 4.78 is 5.62. The molecule has 3 aromatic rings. The lowest BCUT2D eigenvalue weighted by Gasteiger charge is -2.15. The fraction of sp³-hybridized carbons (Fsp3) is 0.190. The molecule has 0 bridgehead atoms. The molecular weight excluding hydrogens is 342 g/mol. The first-order valence-corrected chi connectivity index (χ1v) is 8.59. The zero-order valence-electron chi connectivity index (χ0n) is 15.5. The summed E-state index contributed by atoms with van der Waals surface area (Å²) >= 11 is 0. The van der Waals surface area contributed by atoms with Crippen molar-refractivity contribution in [3.8, 4) is 11.5 Å². The third-order valence-corrected chi connectivity index (χ3v) is 4.08. The van der Waals surface area contributed by atoms with Crippen molar-refractivity contribution >= 4 is 17.5 Å². The second kappa shape index (κ2) is 7.86. The Morgan fingerprint density at radius 1 is 1.04 bits per heavy atom. The van der Waals surface area contributed by atoms with Gasteiger partial charge in [-0.2, -0.15) is 0 Å². The van der Waals surface area contributed by atoms with Crippen LogP contribution in [0.2, 0.25) is 0 Å². The number of nitrogens with zero attached hydrogens (tertiary/aromatic N) is 2. The standard InChI is InChI=1S/C21H21N3O3/c1-14-9-11-17(12-10-14)22-18(25)13-24(3)21(26)19-15(2)27-20(23-19)16-7-5-4-6-8-16/h4-12H,13H2,1-3H3,(H,22,25). The average molecular weight is 363 g/mol. The van der Waals surface area contributed by atoms with Crippen LogP contribution in [0.15, 0.2) is 59.0 Å². The van der Waals surface area contributed by atoms with E-state index >= 15 is 0 Å². The van der Waals surface area contributed by atoms with Crippen molar-refractivity contribution in [2.75, 3.05) is 18.9 Å². The second-order valence-electron chi connectivity index (χ2n) is 6.37. The average Bonchev–Trinajstić information content (AvgIpc) is 3.05. The number of carbonyl (C=O) groups is 2. The number of hydrogen-bond acceptors (Lipinski definition) is 4. The van der Waals surface area contributed by atoms with E-state index in [1.165, 1.54) is 4.90 Å². The molecule has 0 saturated carbocycles. The summed E-state index contributed by atoms with van der Waals surface area (Å²) in [7, 11) is 1.56. The van der Waals surface area contributed by atoms with Crippen molar-refractivity contribution in [2.45, 2.75) is 13.8 Å². The van der Waals surface area contributed by atoms with Gasteiger partial charge in [-0.3, -0.25) is 9.59 Å². The van der Waals surface area contributed by atoms with Crippen molar-refractivity contribution in [2.24, 2.45) is 0 Å². The Labute approximate surface area is 157 Å². The molecule has 0 spiro atoms. The van der Waals surface area contributed by atoms with E-state index < -0.39 is 0 Å². The second-order valence-corrected chi connectivity index (χ2v) is 6.37. The van der Waals surface area contributed by atoms with Crippen LogP contribution in [0.1, 0.15) is 21.8 Å². The molecule has 0 aliphatic carbocycles. The first-order chi connectivity index (χ1) is 12.9. The summed E-state index contributed by atoms with van der Waals surface area (Å²) in [5.41, 5.74) is 2.80. The molecule has 0 radical (unpaired) electrons. The quantitative estimate of drug-likeness (QED) is 0.750. The maximum Gasteiger partial charge on any atom is 0.276 e. The SMILES string of the molecule is Cc1ccc(NC(=O)CN(C)C(=O)c2nc(-c3ccccc3)oc2C)cc1. The van der Waals surface area contributed by atoms with Gasteiger partial charge in [0.05, 0.1) is 6.54 Å². The van der Waals surface area contributed by atoms with Crippen LogP contribution in [0.5, 0.6) is 0 Å². The summed E-state index contributed by atoms with van der Waals surface area (Å²) in [6.07, 6.45) is 0. The van der Waals surface area contributed by atoms with Crippen LogP contribution in [0.3, 0.4) is 0 Å². The zero-order valence-corrected chi connectivity index (χ0v) is 15.5. The molecule has 0 aliphatic heterocycles. The minimum Gasteiger partial charge on any atom is -0.441 e. The van der Waals surface area contributed by atoms with Gasteiger partial charge < -0.3 is 14.6 Å². The number of aromatic nitrogens is 1. The molecule has 0 fully saturated rings. The minimum absolute atomic E-state index is 0.0837. The lowest BCUT2D eigenvalue weighted by atomic mass is 10.2. The van der Waals surface area contributed by atoms with Gasteiger partial charge in [-0.1, -0.05) is 35.9 Å². The molecule has 0 saturated heterocycles. The Morgan fingerprint density at radius 3 is 2.37 bits per heavy atom. The Morgan fingerprint density at radius 2 is 1.70 bits per heavy atom. The van der Waals surface area contributed by atoms with Crippen LogP contribution < -0.4 is 5.32 Å². The Hall–Kier alpha value is -3.41. The fourth-order valence-electron chi connectivity index (χ4n) is 2.60. The smallest absolute Gasteiger partial charge is 0.276 e. The van der Waals surface area contributed by atoms with Crippen LogP contribution in [0, 0.1) is 13.8 Å². The summed E-state index contributed by atoms with van der Waals surface area (Å²) in [6, 6.07) is 16.8. The molecule has 0 aliphatic rings. The Bertz CT molecular complexity index is 947. The lowest BCUT2D eigenvalue weighted by Crippen LogP contribution is -2.35. The molecule has 1 N–H and O–H groups in total. The van der Waals surface area contributed by atoms with Crippen molar-refractivity contribution < 1.29 is 14.0 Å². The van der Waals surface area contributed by atoms with Gasteiger partial charge in [-0.25, -0.2) is 4.98 Å². The van der Waals surface area contributed by atoms with Gasteiger partial charge in [0.25, 0.3) is 5.91 Å². The highest BCUT2D eigenvalue weighted by molar-refractivity contribution is 5.98. The van der Waals surface area contributed by atoms with Crippen LogP contribution in [0.4, 0.5) is 5.69 Å². The molecule has 2 aromatic carbocycles. The van der Waals surface area contributed by atoms with Gasteiger partial charge in [0.15, 0.2) is 5.69 Å². The van der Waals surface area contributed by atoms with Gasteiger partial charge in [0, 0.05) is 18.3 Å². The van der Waals surface area contributed by atoms with Crippen molar-refractivity contribution in [3.05, 3.63) is 71.6 Å². The first-order valence-electron chi connectivity index (χ1n) is 8.59. The number of likely N-dealkylation sites (N-methyl/N-ethyl adjacent to an activating group) is 1. The van der Waals surface area contributed by atoms with Crippen LogP contribution in [-0.2, 0) is 4.79 Å². The number of hydrogen-bond donors (Lipinski definition) is 1. The summed E-state index contributed by atoms with van der Waals surface area (Å²) in [6.45, 7) is 3.58. The summed E-state index contributed by atoms with van der Waals surface area (Å²) in [5, 5.41) is 2.78. The number of benzene rings is 2. The minimum atomic E-state index is -0.363. The molecule has 3 rings (SSSR count). The van der Waals surface area contributed by atoms with E-state index in [2.05, 4.69) is 10.3 Å². The van der Waals surface area contributed by atoms with E-state index in [1.54, 1.807) is 14.0 Å². The molecule has 6 heteroatoms. The molecule has 138 valence electrons. The molecule has 6 nitrogen and oxygen atoms in total. The number of nitrogens with one attached hydrogen (secondary N) is 1. The van der Waals surface area contributed by atoms with Gasteiger partial charge in [0.2, 0.25) is 11.8 Å². The highest BCUT2D eigenvalue weighted by atomic mass is 16.4. The summed E-state index contributed by atoms with van der Waals surface area (Å²) in [4.78, 5) is 30.5. The predicted molar refractivity (Wildman–Crippen MR) is 103 cm³/mol. The van der Waals surface area contributed by atoms with Crippen LogP contribution in [0.25, 0.3) is 11.5 Å². The Kier molecular flexibility index (Phi) is 5.35. The van der Waals surface area contributed by atoms with Crippen molar-refractivity contribution in [1.82, 2.24) is 9.88 Å². The van der Waals surface area contributed by atoms with Gasteiger partial charge in [-0.15, -0.1) is 0 Å². The van der Waals surface area contributed by atoms with E-state index in [9.17, 15) is 9.59 Å². The molecule has 1 heterocycles. The summed E-state index contributed by atoms with van der Waals surface area (Å²) in [5.74, 6) is 0.162. The highest BCUT2D eigenvalue weighted by Gasteiger charge is 2.22. The van der Waals surface area contributed by atoms with Crippen LogP contribution in [-0.4, -0.2) is 35.3 Å². The normalized spacial score (nSPS) is 10.5. The number of amides is 2.